The zero-order chi connectivity index (χ0) is 17.7. The van der Waals surface area contributed by atoms with Gasteiger partial charge in [-0.25, -0.2) is 4.79 Å². The Morgan fingerprint density at radius 3 is 2.83 bits per heavy atom. The number of piperidine rings is 1. The van der Waals surface area contributed by atoms with E-state index in [1.165, 1.54) is 0 Å². The molecule has 24 heavy (non-hydrogen) atoms. The normalized spacial score (nSPS) is 18.0. The number of hydrogen-bond donors (Lipinski definition) is 2. The lowest BCUT2D eigenvalue weighted by atomic mass is 10.1. The van der Waals surface area contributed by atoms with Gasteiger partial charge >= 0.3 is 6.09 Å². The summed E-state index contributed by atoms with van der Waals surface area (Å²) in [5, 5.41) is 3.09. The molecule has 1 atom stereocenters. The van der Waals surface area contributed by atoms with Crippen LogP contribution in [0, 0.1) is 0 Å². The molecule has 0 radical (unpaired) electrons. The van der Waals surface area contributed by atoms with Crippen LogP contribution < -0.4 is 15.8 Å². The number of likely N-dealkylation sites (tertiary alicyclic amines) is 1. The molecular formula is C17H25N3O3S. The molecule has 0 aliphatic carbocycles. The maximum absolute atomic E-state index is 12.2. The number of nitrogens with zero attached hydrogens (tertiary/aromatic N) is 1. The number of hydrogen-bond acceptors (Lipinski definition) is 4. The molecule has 1 amide bonds. The predicted molar refractivity (Wildman–Crippen MR) is 98.3 cm³/mol. The summed E-state index contributed by atoms with van der Waals surface area (Å²) in [6.45, 7) is 6.80. The monoisotopic (exact) mass is 351 g/mol. The van der Waals surface area contributed by atoms with Crippen LogP contribution in [-0.2, 0) is 4.74 Å². The van der Waals surface area contributed by atoms with Crippen LogP contribution in [0.5, 0.6) is 5.75 Å². The predicted octanol–water partition coefficient (Wildman–Crippen LogP) is 3.12. The molecule has 1 aliphatic rings. The molecular weight excluding hydrogens is 326 g/mol. The number of carbonyl (C=O) groups excluding carboxylic acids is 1. The van der Waals surface area contributed by atoms with Crippen LogP contribution in [0.4, 0.5) is 10.5 Å². The maximum Gasteiger partial charge on any atom is 0.410 e. The number of anilines is 1. The van der Waals surface area contributed by atoms with Gasteiger partial charge < -0.3 is 25.4 Å². The topological polar surface area (TPSA) is 76.8 Å². The van der Waals surface area contributed by atoms with E-state index in [0.29, 0.717) is 18.8 Å². The number of amides is 1. The molecule has 7 heteroatoms. The number of benzene rings is 1. The first kappa shape index (κ1) is 18.3. The Labute approximate surface area is 148 Å². The first-order valence-corrected chi connectivity index (χ1v) is 8.45. The highest BCUT2D eigenvalue weighted by molar-refractivity contribution is 7.80. The van der Waals surface area contributed by atoms with Gasteiger partial charge in [0.25, 0.3) is 0 Å². The van der Waals surface area contributed by atoms with Gasteiger partial charge in [0.05, 0.1) is 6.54 Å². The SMILES string of the molecule is CC(C)(C)OC(=O)N1CCCC(Oc2cccc(NC(N)=S)c2)C1. The van der Waals surface area contributed by atoms with Crippen molar-refractivity contribution in [3.8, 4) is 5.75 Å². The lowest BCUT2D eigenvalue weighted by Gasteiger charge is -2.34. The molecule has 1 aromatic rings. The van der Waals surface area contributed by atoms with E-state index in [4.69, 9.17) is 27.4 Å². The highest BCUT2D eigenvalue weighted by Crippen LogP contribution is 2.22. The lowest BCUT2D eigenvalue weighted by Crippen LogP contribution is -2.46. The van der Waals surface area contributed by atoms with Crippen molar-refractivity contribution in [2.24, 2.45) is 5.73 Å². The second-order valence-corrected chi connectivity index (χ2v) is 7.27. The summed E-state index contributed by atoms with van der Waals surface area (Å²) >= 11 is 4.84. The minimum absolute atomic E-state index is 0.0636. The highest BCUT2D eigenvalue weighted by atomic mass is 32.1. The fraction of sp³-hybridized carbons (Fsp3) is 0.529. The summed E-state index contributed by atoms with van der Waals surface area (Å²) in [7, 11) is 0. The Morgan fingerprint density at radius 1 is 1.42 bits per heavy atom. The molecule has 3 N–H and O–H groups in total. The van der Waals surface area contributed by atoms with Crippen molar-refractivity contribution in [2.75, 3.05) is 18.4 Å². The first-order valence-electron chi connectivity index (χ1n) is 8.04. The van der Waals surface area contributed by atoms with E-state index >= 15 is 0 Å². The van der Waals surface area contributed by atoms with Crippen molar-refractivity contribution in [1.29, 1.82) is 0 Å². The standard InChI is InChI=1S/C17H25N3O3S/c1-17(2,3)23-16(21)20-9-5-8-14(11-20)22-13-7-4-6-12(10-13)19-15(18)24/h4,6-7,10,14H,5,8-9,11H2,1-3H3,(H3,18,19,24). The summed E-state index contributed by atoms with van der Waals surface area (Å²) < 4.78 is 11.4. The Hall–Kier alpha value is -2.02. The number of ether oxygens (including phenoxy) is 2. The number of rotatable bonds is 3. The van der Waals surface area contributed by atoms with E-state index in [1.54, 1.807) is 4.90 Å². The second-order valence-electron chi connectivity index (χ2n) is 6.83. The van der Waals surface area contributed by atoms with Crippen molar-refractivity contribution in [3.63, 3.8) is 0 Å². The van der Waals surface area contributed by atoms with E-state index in [-0.39, 0.29) is 17.3 Å². The van der Waals surface area contributed by atoms with Crippen molar-refractivity contribution in [2.45, 2.75) is 45.3 Å². The maximum atomic E-state index is 12.2. The molecule has 2 rings (SSSR count). The van der Waals surface area contributed by atoms with Gasteiger partial charge in [-0.2, -0.15) is 0 Å². The minimum Gasteiger partial charge on any atom is -0.489 e. The molecule has 1 heterocycles. The zero-order valence-corrected chi connectivity index (χ0v) is 15.2. The summed E-state index contributed by atoms with van der Waals surface area (Å²) in [5.41, 5.74) is 5.77. The summed E-state index contributed by atoms with van der Waals surface area (Å²) in [5.74, 6) is 0.715. The molecule has 1 fully saturated rings. The quantitative estimate of drug-likeness (QED) is 0.815. The fourth-order valence-electron chi connectivity index (χ4n) is 2.51. The van der Waals surface area contributed by atoms with Crippen LogP contribution in [0.25, 0.3) is 0 Å². The third-order valence-corrected chi connectivity index (χ3v) is 3.54. The fourth-order valence-corrected chi connectivity index (χ4v) is 2.63. The van der Waals surface area contributed by atoms with Gasteiger partial charge in [-0.05, 0) is 58.0 Å². The van der Waals surface area contributed by atoms with Gasteiger partial charge in [0, 0.05) is 18.3 Å². The average molecular weight is 351 g/mol. The van der Waals surface area contributed by atoms with Crippen LogP contribution >= 0.6 is 12.2 Å². The molecule has 1 saturated heterocycles. The molecule has 0 bridgehead atoms. The Kier molecular flexibility index (Phi) is 5.88. The first-order chi connectivity index (χ1) is 11.2. The largest absolute Gasteiger partial charge is 0.489 e. The number of carbonyl (C=O) groups is 1. The number of nitrogens with two attached hydrogens (primary N) is 1. The minimum atomic E-state index is -0.495. The lowest BCUT2D eigenvalue weighted by molar-refractivity contribution is 0.00776. The van der Waals surface area contributed by atoms with Gasteiger partial charge in [-0.15, -0.1) is 0 Å². The van der Waals surface area contributed by atoms with Gasteiger partial charge in [-0.3, -0.25) is 0 Å². The van der Waals surface area contributed by atoms with Crippen molar-refractivity contribution in [1.82, 2.24) is 4.90 Å². The van der Waals surface area contributed by atoms with Gasteiger partial charge in [0.2, 0.25) is 0 Å². The van der Waals surface area contributed by atoms with Gasteiger partial charge in [-0.1, -0.05) is 6.07 Å². The van der Waals surface area contributed by atoms with Crippen LogP contribution in [0.1, 0.15) is 33.6 Å². The summed E-state index contributed by atoms with van der Waals surface area (Å²) in [6, 6.07) is 7.44. The van der Waals surface area contributed by atoms with Crippen LogP contribution in [-0.4, -0.2) is 40.9 Å². The molecule has 1 aliphatic heterocycles. The molecule has 0 aromatic heterocycles. The molecule has 1 aromatic carbocycles. The molecule has 132 valence electrons. The van der Waals surface area contributed by atoms with Crippen LogP contribution in [0.3, 0.4) is 0 Å². The third kappa shape index (κ3) is 5.88. The highest BCUT2D eigenvalue weighted by Gasteiger charge is 2.28. The molecule has 0 saturated carbocycles. The van der Waals surface area contributed by atoms with E-state index in [0.717, 1.165) is 18.5 Å². The van der Waals surface area contributed by atoms with Crippen LogP contribution in [0.2, 0.25) is 0 Å². The van der Waals surface area contributed by atoms with E-state index < -0.39 is 5.60 Å². The molecule has 0 spiro atoms. The summed E-state index contributed by atoms with van der Waals surface area (Å²) in [4.78, 5) is 13.9. The molecule has 1 unspecified atom stereocenters. The van der Waals surface area contributed by atoms with Crippen molar-refractivity contribution in [3.05, 3.63) is 24.3 Å². The second kappa shape index (κ2) is 7.70. The van der Waals surface area contributed by atoms with E-state index in [9.17, 15) is 4.79 Å². The smallest absolute Gasteiger partial charge is 0.410 e. The van der Waals surface area contributed by atoms with Crippen molar-refractivity contribution < 1.29 is 14.3 Å². The Bertz CT molecular complexity index is 601. The third-order valence-electron chi connectivity index (χ3n) is 3.43. The Balaban J connectivity index is 1.95. The molecule has 6 nitrogen and oxygen atoms in total. The number of nitrogens with one attached hydrogen (secondary N) is 1. The van der Waals surface area contributed by atoms with E-state index in [1.807, 2.05) is 45.0 Å². The van der Waals surface area contributed by atoms with Gasteiger partial charge in [0.15, 0.2) is 5.11 Å². The zero-order valence-electron chi connectivity index (χ0n) is 14.4. The van der Waals surface area contributed by atoms with E-state index in [2.05, 4.69) is 5.32 Å². The van der Waals surface area contributed by atoms with Crippen molar-refractivity contribution >= 4 is 29.1 Å². The van der Waals surface area contributed by atoms with Gasteiger partial charge in [0.1, 0.15) is 17.5 Å². The van der Waals surface area contributed by atoms with Crippen LogP contribution in [0.15, 0.2) is 24.3 Å². The Morgan fingerprint density at radius 2 is 2.17 bits per heavy atom. The summed E-state index contributed by atoms with van der Waals surface area (Å²) in [6.07, 6.45) is 1.42. The number of thiocarbonyl (C=S) groups is 1. The average Bonchev–Trinajstić information content (AvgIpc) is 2.45.